The zero-order valence-corrected chi connectivity index (χ0v) is 13.5. The minimum atomic E-state index is -3.08. The van der Waals surface area contributed by atoms with Gasteiger partial charge in [-0.25, -0.2) is 8.42 Å². The molecule has 0 bridgehead atoms. The Kier molecular flexibility index (Phi) is 6.89. The molecule has 0 saturated carbocycles. The lowest BCUT2D eigenvalue weighted by Crippen LogP contribution is -2.21. The van der Waals surface area contributed by atoms with Crippen LogP contribution in [0.2, 0.25) is 0 Å². The number of hydrogen-bond donors (Lipinski definition) is 1. The van der Waals surface area contributed by atoms with Crippen LogP contribution in [0.15, 0.2) is 34.1 Å². The average molecular weight is 301 g/mol. The Bertz CT molecular complexity index is 467. The number of hydrogen-bond acceptors (Lipinski definition) is 4. The molecule has 0 aliphatic rings. The van der Waals surface area contributed by atoms with Gasteiger partial charge in [0.15, 0.2) is 9.84 Å². The molecule has 1 aromatic carbocycles. The SMILES string of the molecule is CC(C)CNCCCSc1ccc(S(C)(=O)=O)cc1. The lowest BCUT2D eigenvalue weighted by molar-refractivity contribution is 0.552. The van der Waals surface area contributed by atoms with Gasteiger partial charge in [0.1, 0.15) is 0 Å². The minimum absolute atomic E-state index is 0.385. The van der Waals surface area contributed by atoms with Crippen LogP contribution < -0.4 is 5.32 Å². The molecule has 0 unspecified atom stereocenters. The van der Waals surface area contributed by atoms with Crippen LogP contribution in [0.5, 0.6) is 0 Å². The highest BCUT2D eigenvalue weighted by Crippen LogP contribution is 2.20. The van der Waals surface area contributed by atoms with Crippen LogP contribution in [-0.2, 0) is 9.84 Å². The second-order valence-corrected chi connectivity index (χ2v) is 8.23. The first-order chi connectivity index (χ1) is 8.89. The molecule has 5 heteroatoms. The van der Waals surface area contributed by atoms with E-state index in [1.165, 1.54) is 6.26 Å². The molecule has 0 radical (unpaired) electrons. The van der Waals surface area contributed by atoms with Gasteiger partial charge in [0.05, 0.1) is 4.90 Å². The van der Waals surface area contributed by atoms with Gasteiger partial charge in [-0.05, 0) is 55.4 Å². The van der Waals surface area contributed by atoms with Crippen LogP contribution in [0.1, 0.15) is 20.3 Å². The molecule has 0 fully saturated rings. The molecule has 1 N–H and O–H groups in total. The maximum atomic E-state index is 11.3. The standard InChI is InChI=1S/C14H23NO2S2/c1-12(2)11-15-9-4-10-18-13-5-7-14(8-6-13)19(3,16)17/h5-8,12,15H,4,9-11H2,1-3H3. The predicted octanol–water partition coefficient (Wildman–Crippen LogP) is 2.82. The number of nitrogens with one attached hydrogen (secondary N) is 1. The summed E-state index contributed by atoms with van der Waals surface area (Å²) >= 11 is 1.76. The molecule has 1 aromatic rings. The molecule has 1 rings (SSSR count). The van der Waals surface area contributed by atoms with E-state index >= 15 is 0 Å². The summed E-state index contributed by atoms with van der Waals surface area (Å²) in [5.74, 6) is 1.74. The lowest BCUT2D eigenvalue weighted by atomic mass is 10.2. The summed E-state index contributed by atoms with van der Waals surface area (Å²) in [7, 11) is -3.08. The number of benzene rings is 1. The van der Waals surface area contributed by atoms with Gasteiger partial charge in [0.2, 0.25) is 0 Å². The van der Waals surface area contributed by atoms with Crippen LogP contribution in [0.25, 0.3) is 0 Å². The maximum Gasteiger partial charge on any atom is 0.175 e. The summed E-state index contributed by atoms with van der Waals surface area (Å²) in [5, 5.41) is 3.41. The van der Waals surface area contributed by atoms with Crippen LogP contribution in [0, 0.1) is 5.92 Å². The average Bonchev–Trinajstić information content (AvgIpc) is 2.32. The topological polar surface area (TPSA) is 46.2 Å². The van der Waals surface area contributed by atoms with Crippen molar-refractivity contribution in [2.75, 3.05) is 25.1 Å². The Morgan fingerprint density at radius 2 is 1.84 bits per heavy atom. The van der Waals surface area contributed by atoms with Gasteiger partial charge in [0.25, 0.3) is 0 Å². The molecule has 3 nitrogen and oxygen atoms in total. The monoisotopic (exact) mass is 301 g/mol. The molecule has 0 aliphatic heterocycles. The van der Waals surface area contributed by atoms with Crippen molar-refractivity contribution in [3.63, 3.8) is 0 Å². The van der Waals surface area contributed by atoms with Crippen LogP contribution >= 0.6 is 11.8 Å². The minimum Gasteiger partial charge on any atom is -0.316 e. The predicted molar refractivity (Wildman–Crippen MR) is 82.6 cm³/mol. The van der Waals surface area contributed by atoms with E-state index in [1.54, 1.807) is 23.9 Å². The van der Waals surface area contributed by atoms with Gasteiger partial charge in [-0.1, -0.05) is 13.8 Å². The first kappa shape index (κ1) is 16.5. The third-order valence-electron chi connectivity index (χ3n) is 2.57. The number of rotatable bonds is 8. The van der Waals surface area contributed by atoms with Crippen molar-refractivity contribution in [3.05, 3.63) is 24.3 Å². The van der Waals surface area contributed by atoms with Crippen LogP contribution in [-0.4, -0.2) is 33.5 Å². The van der Waals surface area contributed by atoms with Gasteiger partial charge in [-0.15, -0.1) is 11.8 Å². The van der Waals surface area contributed by atoms with E-state index in [9.17, 15) is 8.42 Å². The third kappa shape index (κ3) is 6.99. The van der Waals surface area contributed by atoms with Crippen LogP contribution in [0.3, 0.4) is 0 Å². The molecule has 108 valence electrons. The van der Waals surface area contributed by atoms with Crippen molar-refractivity contribution >= 4 is 21.6 Å². The fourth-order valence-electron chi connectivity index (χ4n) is 1.56. The molecule has 0 atom stereocenters. The fraction of sp³-hybridized carbons (Fsp3) is 0.571. The van der Waals surface area contributed by atoms with Crippen molar-refractivity contribution in [3.8, 4) is 0 Å². The first-order valence-corrected chi connectivity index (χ1v) is 9.41. The second-order valence-electron chi connectivity index (χ2n) is 5.04. The molecule has 19 heavy (non-hydrogen) atoms. The molecule has 0 aliphatic carbocycles. The van der Waals surface area contributed by atoms with Crippen molar-refractivity contribution in [2.24, 2.45) is 5.92 Å². The quantitative estimate of drug-likeness (QED) is 0.592. The zero-order chi connectivity index (χ0) is 14.3. The second kappa shape index (κ2) is 7.92. The number of sulfone groups is 1. The van der Waals surface area contributed by atoms with Crippen LogP contribution in [0.4, 0.5) is 0 Å². The van der Waals surface area contributed by atoms with E-state index < -0.39 is 9.84 Å². The van der Waals surface area contributed by atoms with Gasteiger partial charge in [0, 0.05) is 11.2 Å². The van der Waals surface area contributed by atoms with E-state index in [2.05, 4.69) is 19.2 Å². The Morgan fingerprint density at radius 1 is 1.21 bits per heavy atom. The van der Waals surface area contributed by atoms with Crippen molar-refractivity contribution in [1.29, 1.82) is 0 Å². The Labute approximate surface area is 121 Å². The van der Waals surface area contributed by atoms with Gasteiger partial charge in [-0.2, -0.15) is 0 Å². The van der Waals surface area contributed by atoms with E-state index in [0.717, 1.165) is 30.2 Å². The molecular formula is C14H23NO2S2. The third-order valence-corrected chi connectivity index (χ3v) is 4.80. The van der Waals surface area contributed by atoms with Crippen molar-refractivity contribution in [2.45, 2.75) is 30.1 Å². The highest BCUT2D eigenvalue weighted by molar-refractivity contribution is 7.99. The van der Waals surface area contributed by atoms with E-state index in [-0.39, 0.29) is 0 Å². The molecule has 0 aromatic heterocycles. The molecule has 0 spiro atoms. The summed E-state index contributed by atoms with van der Waals surface area (Å²) in [4.78, 5) is 1.51. The summed E-state index contributed by atoms with van der Waals surface area (Å²) in [6.45, 7) is 6.50. The van der Waals surface area contributed by atoms with E-state index in [0.29, 0.717) is 10.8 Å². The molecule has 0 amide bonds. The van der Waals surface area contributed by atoms with Crippen molar-refractivity contribution in [1.82, 2.24) is 5.32 Å². The molecular weight excluding hydrogens is 278 g/mol. The largest absolute Gasteiger partial charge is 0.316 e. The Balaban J connectivity index is 2.27. The highest BCUT2D eigenvalue weighted by atomic mass is 32.2. The summed E-state index contributed by atoms with van der Waals surface area (Å²) in [6, 6.07) is 7.11. The van der Waals surface area contributed by atoms with Crippen molar-refractivity contribution < 1.29 is 8.42 Å². The Morgan fingerprint density at radius 3 is 2.37 bits per heavy atom. The van der Waals surface area contributed by atoms with E-state index in [1.807, 2.05) is 12.1 Å². The van der Waals surface area contributed by atoms with Gasteiger partial charge < -0.3 is 5.32 Å². The summed E-state index contributed by atoms with van der Waals surface area (Å²) in [6.07, 6.45) is 2.35. The lowest BCUT2D eigenvalue weighted by Gasteiger charge is -2.07. The Hall–Kier alpha value is -0.520. The maximum absolute atomic E-state index is 11.3. The summed E-state index contributed by atoms with van der Waals surface area (Å²) in [5.41, 5.74) is 0. The highest BCUT2D eigenvalue weighted by Gasteiger charge is 2.05. The number of thioether (sulfide) groups is 1. The smallest absolute Gasteiger partial charge is 0.175 e. The zero-order valence-electron chi connectivity index (χ0n) is 11.8. The molecule has 0 saturated heterocycles. The van der Waals surface area contributed by atoms with Gasteiger partial charge >= 0.3 is 0 Å². The molecule has 0 heterocycles. The first-order valence-electron chi connectivity index (χ1n) is 6.53. The fourth-order valence-corrected chi connectivity index (χ4v) is 3.04. The summed E-state index contributed by atoms with van der Waals surface area (Å²) < 4.78 is 22.6. The normalized spacial score (nSPS) is 12.0. The van der Waals surface area contributed by atoms with Gasteiger partial charge in [-0.3, -0.25) is 0 Å². The van der Waals surface area contributed by atoms with E-state index in [4.69, 9.17) is 0 Å².